The van der Waals surface area contributed by atoms with Gasteiger partial charge in [0.05, 0.1) is 5.69 Å². The molecule has 1 saturated carbocycles. The van der Waals surface area contributed by atoms with Gasteiger partial charge in [0, 0.05) is 11.6 Å². The van der Waals surface area contributed by atoms with Crippen LogP contribution in [-0.4, -0.2) is 16.1 Å². The maximum atomic E-state index is 12.3. The molecule has 0 saturated heterocycles. The fraction of sp³-hybridized carbons (Fsp3) is 0.263. The molecule has 0 radical (unpaired) electrons. The molecule has 116 valence electrons. The van der Waals surface area contributed by atoms with E-state index in [9.17, 15) is 4.79 Å². The molecule has 3 N–H and O–H groups in total. The van der Waals surface area contributed by atoms with Crippen LogP contribution in [0.2, 0.25) is 0 Å². The van der Waals surface area contributed by atoms with Gasteiger partial charge in [0.1, 0.15) is 5.41 Å². The zero-order valence-corrected chi connectivity index (χ0v) is 13.0. The highest BCUT2D eigenvalue weighted by atomic mass is 16.1. The number of nitrogens with one attached hydrogen (secondary N) is 1. The van der Waals surface area contributed by atoms with E-state index in [1.807, 2.05) is 49.4 Å². The van der Waals surface area contributed by atoms with E-state index >= 15 is 0 Å². The average Bonchev–Trinajstić information content (AvgIpc) is 3.30. The molecule has 1 atom stereocenters. The summed E-state index contributed by atoms with van der Waals surface area (Å²) in [6, 6.07) is 16.1. The highest BCUT2D eigenvalue weighted by Crippen LogP contribution is 2.41. The van der Waals surface area contributed by atoms with Crippen molar-refractivity contribution in [3.05, 3.63) is 65.5 Å². The SMILES string of the molecule is C[C@](C(N)=O)(c1ccc2ccccc2c1)c1cc(C2CC2)[nH]n1. The molecule has 0 aliphatic heterocycles. The van der Waals surface area contributed by atoms with Gasteiger partial charge in [0.25, 0.3) is 0 Å². The minimum absolute atomic E-state index is 0.387. The Hall–Kier alpha value is -2.62. The van der Waals surface area contributed by atoms with Crippen molar-refractivity contribution in [2.45, 2.75) is 31.1 Å². The topological polar surface area (TPSA) is 71.8 Å². The largest absolute Gasteiger partial charge is 0.369 e. The Morgan fingerprint density at radius 3 is 2.61 bits per heavy atom. The van der Waals surface area contributed by atoms with Gasteiger partial charge in [-0.2, -0.15) is 5.10 Å². The monoisotopic (exact) mass is 305 g/mol. The second-order valence-electron chi connectivity index (χ2n) is 6.53. The van der Waals surface area contributed by atoms with Crippen LogP contribution in [0.15, 0.2) is 48.5 Å². The molecule has 3 aromatic rings. The normalized spacial score (nSPS) is 17.1. The van der Waals surface area contributed by atoms with Crippen LogP contribution in [-0.2, 0) is 10.2 Å². The van der Waals surface area contributed by atoms with Crippen LogP contribution in [0, 0.1) is 0 Å². The van der Waals surface area contributed by atoms with Crippen LogP contribution in [0.3, 0.4) is 0 Å². The number of amides is 1. The number of primary amides is 1. The van der Waals surface area contributed by atoms with Gasteiger partial charge in [-0.1, -0.05) is 36.4 Å². The molecule has 2 aromatic carbocycles. The summed E-state index contributed by atoms with van der Waals surface area (Å²) in [5.41, 5.74) is 7.52. The summed E-state index contributed by atoms with van der Waals surface area (Å²) in [6.07, 6.45) is 2.37. The van der Waals surface area contributed by atoms with Gasteiger partial charge in [-0.25, -0.2) is 0 Å². The van der Waals surface area contributed by atoms with Crippen molar-refractivity contribution < 1.29 is 4.79 Å². The summed E-state index contributed by atoms with van der Waals surface area (Å²) in [7, 11) is 0. The van der Waals surface area contributed by atoms with Gasteiger partial charge < -0.3 is 5.73 Å². The lowest BCUT2D eigenvalue weighted by atomic mass is 9.78. The molecule has 1 heterocycles. The molecule has 4 heteroatoms. The second kappa shape index (κ2) is 4.95. The van der Waals surface area contributed by atoms with E-state index in [0.717, 1.165) is 22.0 Å². The molecule has 1 aliphatic carbocycles. The van der Waals surface area contributed by atoms with Crippen molar-refractivity contribution in [1.29, 1.82) is 0 Å². The fourth-order valence-corrected chi connectivity index (χ4v) is 3.11. The third-order valence-corrected chi connectivity index (χ3v) is 4.95. The predicted octanol–water partition coefficient (Wildman–Crippen LogP) is 3.23. The van der Waals surface area contributed by atoms with Crippen molar-refractivity contribution in [3.8, 4) is 0 Å². The minimum Gasteiger partial charge on any atom is -0.369 e. The van der Waals surface area contributed by atoms with E-state index in [-0.39, 0.29) is 5.91 Å². The number of hydrogen-bond acceptors (Lipinski definition) is 2. The van der Waals surface area contributed by atoms with Crippen molar-refractivity contribution >= 4 is 16.7 Å². The van der Waals surface area contributed by atoms with E-state index in [1.165, 1.54) is 12.8 Å². The van der Waals surface area contributed by atoms with E-state index in [2.05, 4.69) is 16.3 Å². The molecular weight excluding hydrogens is 286 g/mol. The van der Waals surface area contributed by atoms with Crippen molar-refractivity contribution in [3.63, 3.8) is 0 Å². The summed E-state index contributed by atoms with van der Waals surface area (Å²) < 4.78 is 0. The van der Waals surface area contributed by atoms with E-state index in [1.54, 1.807) is 0 Å². The molecule has 0 spiro atoms. The summed E-state index contributed by atoms with van der Waals surface area (Å²) in [5, 5.41) is 9.71. The minimum atomic E-state index is -0.937. The molecule has 1 aliphatic rings. The molecule has 4 nitrogen and oxygen atoms in total. The van der Waals surface area contributed by atoms with Crippen LogP contribution < -0.4 is 5.73 Å². The number of carbonyl (C=O) groups excluding carboxylic acids is 1. The number of carbonyl (C=O) groups is 1. The van der Waals surface area contributed by atoms with Gasteiger partial charge >= 0.3 is 0 Å². The van der Waals surface area contributed by atoms with Gasteiger partial charge in [-0.15, -0.1) is 0 Å². The van der Waals surface area contributed by atoms with Crippen LogP contribution in [0.1, 0.15) is 42.6 Å². The number of hydrogen-bond donors (Lipinski definition) is 2. The van der Waals surface area contributed by atoms with Crippen molar-refractivity contribution in [2.75, 3.05) is 0 Å². The first kappa shape index (κ1) is 14.0. The summed E-state index contributed by atoms with van der Waals surface area (Å²) >= 11 is 0. The van der Waals surface area contributed by atoms with Gasteiger partial charge in [-0.3, -0.25) is 9.89 Å². The maximum absolute atomic E-state index is 12.3. The van der Waals surface area contributed by atoms with Gasteiger partial charge in [0.15, 0.2) is 0 Å². The Bertz CT molecular complexity index is 894. The van der Waals surface area contributed by atoms with E-state index in [4.69, 9.17) is 5.73 Å². The standard InChI is InChI=1S/C19H19N3O/c1-19(18(20)23,17-11-16(21-22-17)13-6-7-13)15-9-8-12-4-2-3-5-14(12)10-15/h2-5,8-11,13H,6-7H2,1H3,(H2,20,23)(H,21,22)/t19-/m0/s1. The highest BCUT2D eigenvalue weighted by Gasteiger charge is 2.39. The summed E-state index contributed by atoms with van der Waals surface area (Å²) in [5.74, 6) is 0.173. The Labute approximate surface area is 134 Å². The Morgan fingerprint density at radius 1 is 1.17 bits per heavy atom. The molecule has 0 bridgehead atoms. The fourth-order valence-electron chi connectivity index (χ4n) is 3.11. The summed E-state index contributed by atoms with van der Waals surface area (Å²) in [6.45, 7) is 1.85. The van der Waals surface area contributed by atoms with Crippen LogP contribution in [0.25, 0.3) is 10.8 Å². The number of fused-ring (bicyclic) bond motifs is 1. The summed E-state index contributed by atoms with van der Waals surface area (Å²) in [4.78, 5) is 12.3. The molecule has 1 aromatic heterocycles. The number of nitrogens with two attached hydrogens (primary N) is 1. The average molecular weight is 305 g/mol. The third kappa shape index (κ3) is 2.22. The predicted molar refractivity (Wildman–Crippen MR) is 90.2 cm³/mol. The number of aromatic nitrogens is 2. The Balaban J connectivity index is 1.85. The van der Waals surface area contributed by atoms with Crippen molar-refractivity contribution in [2.24, 2.45) is 5.73 Å². The van der Waals surface area contributed by atoms with Crippen LogP contribution in [0.5, 0.6) is 0 Å². The number of H-pyrrole nitrogens is 1. The van der Waals surface area contributed by atoms with Crippen molar-refractivity contribution in [1.82, 2.24) is 10.2 Å². The quantitative estimate of drug-likeness (QED) is 0.776. The number of aromatic amines is 1. The molecule has 23 heavy (non-hydrogen) atoms. The smallest absolute Gasteiger partial charge is 0.233 e. The third-order valence-electron chi connectivity index (χ3n) is 4.95. The molecular formula is C19H19N3O. The second-order valence-corrected chi connectivity index (χ2v) is 6.53. The van der Waals surface area contributed by atoms with Gasteiger partial charge in [0.2, 0.25) is 5.91 Å². The lowest BCUT2D eigenvalue weighted by molar-refractivity contribution is -0.121. The number of rotatable bonds is 4. The van der Waals surface area contributed by atoms with E-state index in [0.29, 0.717) is 11.6 Å². The molecule has 1 fully saturated rings. The first-order chi connectivity index (χ1) is 11.1. The lowest BCUT2D eigenvalue weighted by Crippen LogP contribution is -2.39. The molecule has 0 unspecified atom stereocenters. The van der Waals surface area contributed by atoms with Crippen LogP contribution in [0.4, 0.5) is 0 Å². The van der Waals surface area contributed by atoms with Gasteiger partial charge in [-0.05, 0) is 48.2 Å². The lowest BCUT2D eigenvalue weighted by Gasteiger charge is -2.25. The maximum Gasteiger partial charge on any atom is 0.233 e. The first-order valence-corrected chi connectivity index (χ1v) is 7.94. The Morgan fingerprint density at radius 2 is 1.91 bits per heavy atom. The molecule has 1 amide bonds. The highest BCUT2D eigenvalue weighted by molar-refractivity contribution is 5.92. The van der Waals surface area contributed by atoms with Crippen LogP contribution >= 0.6 is 0 Å². The zero-order valence-electron chi connectivity index (χ0n) is 13.0. The first-order valence-electron chi connectivity index (χ1n) is 7.94. The number of nitrogens with zero attached hydrogens (tertiary/aromatic N) is 1. The molecule has 4 rings (SSSR count). The van der Waals surface area contributed by atoms with E-state index < -0.39 is 5.41 Å². The Kier molecular flexibility index (Phi) is 3.01. The zero-order chi connectivity index (χ0) is 16.0. The number of benzene rings is 2.